The van der Waals surface area contributed by atoms with Gasteiger partial charge in [0, 0.05) is 0 Å². The summed E-state index contributed by atoms with van der Waals surface area (Å²) in [5, 5.41) is -2.38. The third-order valence-corrected chi connectivity index (χ3v) is 5.84. The van der Waals surface area contributed by atoms with Gasteiger partial charge in [-0.05, 0) is 25.0 Å². The number of hydrogen-bond donors (Lipinski definition) is 0. The van der Waals surface area contributed by atoms with Gasteiger partial charge in [-0.3, -0.25) is 9.59 Å². The second-order valence-electron chi connectivity index (χ2n) is 3.78. The van der Waals surface area contributed by atoms with Crippen molar-refractivity contribution in [3.8, 4) is 0 Å². The summed E-state index contributed by atoms with van der Waals surface area (Å²) < 4.78 is 60.0. The van der Waals surface area contributed by atoms with E-state index in [4.69, 9.17) is 0 Å². The van der Waals surface area contributed by atoms with Crippen LogP contribution < -0.4 is 0 Å². The summed E-state index contributed by atoms with van der Waals surface area (Å²) >= 11 is 0.905. The summed E-state index contributed by atoms with van der Waals surface area (Å²) in [6.45, 7) is 9.48. The Bertz CT molecular complexity index is 592. The Morgan fingerprint density at radius 1 is 0.826 bits per heavy atom. The van der Waals surface area contributed by atoms with E-state index in [0.717, 1.165) is 0 Å². The molecule has 8 nitrogen and oxygen atoms in total. The molecule has 0 heterocycles. The third-order valence-electron chi connectivity index (χ3n) is 1.37. The van der Waals surface area contributed by atoms with E-state index in [9.17, 15) is 35.5 Å². The maximum Gasteiger partial charge on any atom is 2.00 e. The summed E-state index contributed by atoms with van der Waals surface area (Å²) in [6, 6.07) is 0. The Labute approximate surface area is 174 Å². The molecule has 0 aromatic carbocycles. The zero-order valence-corrected chi connectivity index (χ0v) is 17.9. The number of rotatable bonds is 6. The molecule has 128 valence electrons. The van der Waals surface area contributed by atoms with Crippen molar-refractivity contribution in [2.45, 2.75) is 13.8 Å². The van der Waals surface area contributed by atoms with Crippen LogP contribution >= 0.6 is 23.5 Å². The Morgan fingerprint density at radius 2 is 1.04 bits per heavy atom. The molecule has 0 saturated heterocycles. The third kappa shape index (κ3) is 22.6. The molecule has 13 heteroatoms. The minimum absolute atomic E-state index is 0. The molecular weight excluding hydrogens is 416 g/mol. The van der Waals surface area contributed by atoms with Gasteiger partial charge in [-0.1, -0.05) is 36.7 Å². The summed E-state index contributed by atoms with van der Waals surface area (Å²) in [5.74, 6) is 0. The maximum absolute atomic E-state index is 10.6. The van der Waals surface area contributed by atoms with Crippen LogP contribution in [0.5, 0.6) is 0 Å². The first-order chi connectivity index (χ1) is 9.65. The molecule has 0 spiro atoms. The molecule has 23 heavy (non-hydrogen) atoms. The van der Waals surface area contributed by atoms with E-state index >= 15 is 0 Å². The summed E-state index contributed by atoms with van der Waals surface area (Å²) in [7, 11) is -8.60. The van der Waals surface area contributed by atoms with Gasteiger partial charge in [0.25, 0.3) is 0 Å². The van der Waals surface area contributed by atoms with Gasteiger partial charge in [0.1, 0.15) is 20.2 Å². The van der Waals surface area contributed by atoms with Gasteiger partial charge in [0.05, 0.1) is 10.2 Å². The van der Waals surface area contributed by atoms with Crippen LogP contribution in [0.25, 0.3) is 0 Å². The number of hydrogen-bond acceptors (Lipinski definition) is 10. The molecule has 0 aliphatic rings. The molecule has 0 saturated carbocycles. The Kier molecular flexibility index (Phi) is 15.9. The molecular formula is C10H14CaO8S4. The Morgan fingerprint density at radius 3 is 1.17 bits per heavy atom. The molecule has 0 radical (unpaired) electrons. The zero-order valence-electron chi connectivity index (χ0n) is 12.4. The van der Waals surface area contributed by atoms with Gasteiger partial charge in [0.2, 0.25) is 10.2 Å². The van der Waals surface area contributed by atoms with Crippen LogP contribution in [0.15, 0.2) is 24.3 Å². The fourth-order valence-corrected chi connectivity index (χ4v) is 3.00. The first-order valence-electron chi connectivity index (χ1n) is 5.18. The molecule has 0 aliphatic carbocycles. The van der Waals surface area contributed by atoms with Crippen molar-refractivity contribution in [2.24, 2.45) is 0 Å². The minimum Gasteiger partial charge on any atom is -0.747 e. The number of thioether (sulfide) groups is 2. The number of carbonyl (C=O) groups excluding carboxylic acids is 2. The molecule has 0 aromatic heterocycles. The van der Waals surface area contributed by atoms with Gasteiger partial charge >= 0.3 is 37.7 Å². The number of carbonyl (C=O) groups is 2. The van der Waals surface area contributed by atoms with E-state index in [1.165, 1.54) is 13.8 Å². The monoisotopic (exact) mass is 430 g/mol. The zero-order chi connectivity index (χ0) is 18.1. The quantitative estimate of drug-likeness (QED) is 0.326. The predicted octanol–water partition coefficient (Wildman–Crippen LogP) is 0.269. The van der Waals surface area contributed by atoms with Gasteiger partial charge in [-0.15, -0.1) is 0 Å². The van der Waals surface area contributed by atoms with E-state index in [2.05, 4.69) is 13.2 Å². The molecule has 0 aliphatic heterocycles. The normalized spacial score (nSPS) is 10.6. The molecule has 0 amide bonds. The van der Waals surface area contributed by atoms with Gasteiger partial charge in [-0.25, -0.2) is 16.8 Å². The van der Waals surface area contributed by atoms with Crippen LogP contribution in [0.2, 0.25) is 0 Å². The Hall–Kier alpha value is 0.600. The van der Waals surface area contributed by atoms with E-state index in [-0.39, 0.29) is 48.9 Å². The molecule has 0 atom stereocenters. The van der Waals surface area contributed by atoms with Crippen LogP contribution in [0.4, 0.5) is 0 Å². The maximum atomic E-state index is 10.6. The molecule has 0 unspecified atom stereocenters. The van der Waals surface area contributed by atoms with Crippen molar-refractivity contribution in [1.29, 1.82) is 0 Å². The summed E-state index contributed by atoms with van der Waals surface area (Å²) in [4.78, 5) is 21.3. The largest absolute Gasteiger partial charge is 2.00 e. The topological polar surface area (TPSA) is 149 Å². The van der Waals surface area contributed by atoms with E-state index in [0.29, 0.717) is 23.5 Å². The molecule has 0 bridgehead atoms. The van der Waals surface area contributed by atoms with Gasteiger partial charge in [0.15, 0.2) is 0 Å². The van der Waals surface area contributed by atoms with Gasteiger partial charge in [-0.2, -0.15) is 0 Å². The first-order valence-corrected chi connectivity index (χ1v) is 10.3. The molecule has 0 aromatic rings. The SMILES string of the molecule is C=C(C)C(=O)SCS(=O)(=O)[O-].C=C(C)C(=O)SCS(=O)(=O)[O-].[Ca+2]. The van der Waals surface area contributed by atoms with Crippen molar-refractivity contribution in [2.75, 3.05) is 10.2 Å². The van der Waals surface area contributed by atoms with Crippen LogP contribution in [0.3, 0.4) is 0 Å². The van der Waals surface area contributed by atoms with Crippen LogP contribution in [-0.4, -0.2) is 84.1 Å². The summed E-state index contributed by atoms with van der Waals surface area (Å²) in [5.41, 5.74) is 0.470. The summed E-state index contributed by atoms with van der Waals surface area (Å²) in [6.07, 6.45) is 0. The van der Waals surface area contributed by atoms with Crippen molar-refractivity contribution in [3.63, 3.8) is 0 Å². The Balaban J connectivity index is -0.000000333. The van der Waals surface area contributed by atoms with Crippen molar-refractivity contribution < 1.29 is 35.5 Å². The van der Waals surface area contributed by atoms with Crippen molar-refractivity contribution >= 4 is 91.7 Å². The van der Waals surface area contributed by atoms with E-state index < -0.39 is 40.6 Å². The van der Waals surface area contributed by atoms with Crippen molar-refractivity contribution in [1.82, 2.24) is 0 Å². The predicted molar refractivity (Wildman–Crippen MR) is 89.7 cm³/mol. The molecule has 0 N–H and O–H groups in total. The average Bonchev–Trinajstić information content (AvgIpc) is 2.31. The van der Waals surface area contributed by atoms with E-state index in [1.54, 1.807) is 0 Å². The molecule has 0 rings (SSSR count). The van der Waals surface area contributed by atoms with Crippen LogP contribution in [0, 0.1) is 0 Å². The van der Waals surface area contributed by atoms with Gasteiger partial charge < -0.3 is 9.11 Å². The van der Waals surface area contributed by atoms with Crippen molar-refractivity contribution in [3.05, 3.63) is 24.3 Å². The van der Waals surface area contributed by atoms with E-state index in [1.807, 2.05) is 0 Å². The standard InChI is InChI=1S/2C5H8O4S2.Ca/c2*1-4(2)5(6)10-3-11(7,8)9;/h2*1,3H2,2H3,(H,7,8,9);/q;;+2/p-2. The fraction of sp³-hybridized carbons (Fsp3) is 0.400. The minimum atomic E-state index is -4.30. The molecule has 0 fully saturated rings. The first kappa shape index (κ1) is 28.4. The van der Waals surface area contributed by atoms with Crippen LogP contribution in [0.1, 0.15) is 13.8 Å². The second-order valence-corrected chi connectivity index (χ2v) is 9.21. The van der Waals surface area contributed by atoms with Crippen LogP contribution in [-0.2, 0) is 29.8 Å². The second kappa shape index (κ2) is 12.9. The average molecular weight is 431 g/mol. The smallest absolute Gasteiger partial charge is 0.747 e. The fourth-order valence-electron chi connectivity index (χ4n) is 0.498.